The molecule has 1 fully saturated rings. The number of aliphatic hydroxyl groups is 1. The van der Waals surface area contributed by atoms with Crippen molar-refractivity contribution in [3.05, 3.63) is 65.5 Å². The van der Waals surface area contributed by atoms with Crippen LogP contribution in [0.5, 0.6) is 5.75 Å². The number of hydrogen-bond donors (Lipinski definition) is 2. The van der Waals surface area contributed by atoms with E-state index in [1.54, 1.807) is 12.1 Å². The molecule has 0 unspecified atom stereocenters. The van der Waals surface area contributed by atoms with Crippen LogP contribution in [0, 0.1) is 5.82 Å². The molecule has 1 aliphatic heterocycles. The predicted octanol–water partition coefficient (Wildman–Crippen LogP) is 2.72. The molecule has 2 aromatic carbocycles. The summed E-state index contributed by atoms with van der Waals surface area (Å²) in [5.74, 6) is -0.285. The van der Waals surface area contributed by atoms with Crippen molar-refractivity contribution in [2.75, 3.05) is 26.7 Å². The van der Waals surface area contributed by atoms with Crippen molar-refractivity contribution < 1.29 is 19.1 Å². The molecule has 0 spiro atoms. The van der Waals surface area contributed by atoms with Crippen LogP contribution in [0.2, 0.25) is 0 Å². The lowest BCUT2D eigenvalue weighted by Crippen LogP contribution is -3.13. The average Bonchev–Trinajstić information content (AvgIpc) is 2.67. The fourth-order valence-corrected chi connectivity index (χ4v) is 3.78. The monoisotopic (exact) mass is 344 g/mol. The molecule has 0 amide bonds. The van der Waals surface area contributed by atoms with Gasteiger partial charge in [0.2, 0.25) is 0 Å². The molecular formula is C21H27FNO2+. The summed E-state index contributed by atoms with van der Waals surface area (Å²) in [6.07, 6.45) is 3.04. The predicted molar refractivity (Wildman–Crippen MR) is 96.5 cm³/mol. The largest absolute Gasteiger partial charge is 0.494 e. The van der Waals surface area contributed by atoms with Gasteiger partial charge in [-0.2, -0.15) is 0 Å². The molecule has 0 radical (unpaired) electrons. The van der Waals surface area contributed by atoms with Crippen molar-refractivity contribution >= 4 is 0 Å². The fourth-order valence-electron chi connectivity index (χ4n) is 3.78. The number of hydrogen-bond acceptors (Lipinski definition) is 2. The highest BCUT2D eigenvalue weighted by atomic mass is 19.1. The Morgan fingerprint density at radius 2 is 1.76 bits per heavy atom. The highest BCUT2D eigenvalue weighted by Crippen LogP contribution is 2.32. The molecule has 2 aromatic rings. The lowest BCUT2D eigenvalue weighted by molar-refractivity contribution is -0.906. The first kappa shape index (κ1) is 17.9. The maximum Gasteiger partial charge on any atom is 0.165 e. The number of benzene rings is 2. The van der Waals surface area contributed by atoms with E-state index < -0.39 is 11.9 Å². The first-order chi connectivity index (χ1) is 12.2. The summed E-state index contributed by atoms with van der Waals surface area (Å²) in [4.78, 5) is 1.52. The van der Waals surface area contributed by atoms with E-state index in [-0.39, 0.29) is 11.7 Å². The van der Waals surface area contributed by atoms with Crippen LogP contribution in [-0.4, -0.2) is 31.9 Å². The number of aliphatic hydroxyl groups excluding tert-OH is 1. The van der Waals surface area contributed by atoms with Gasteiger partial charge in [0, 0.05) is 0 Å². The van der Waals surface area contributed by atoms with Crippen molar-refractivity contribution in [1.82, 2.24) is 0 Å². The lowest BCUT2D eigenvalue weighted by Gasteiger charge is -2.30. The Kier molecular flexibility index (Phi) is 6.05. The number of ether oxygens (including phenoxy) is 1. The van der Waals surface area contributed by atoms with Gasteiger partial charge in [-0.15, -0.1) is 0 Å². The van der Waals surface area contributed by atoms with Crippen molar-refractivity contribution in [2.45, 2.75) is 31.3 Å². The number of likely N-dealkylation sites (tertiary alicyclic amines) is 1. The second kappa shape index (κ2) is 8.45. The summed E-state index contributed by atoms with van der Waals surface area (Å²) < 4.78 is 19.1. The van der Waals surface area contributed by atoms with Crippen molar-refractivity contribution in [3.63, 3.8) is 0 Å². The zero-order chi connectivity index (χ0) is 17.6. The Morgan fingerprint density at radius 3 is 2.40 bits per heavy atom. The summed E-state index contributed by atoms with van der Waals surface area (Å²) in [7, 11) is 1.45. The maximum atomic E-state index is 14.1. The van der Waals surface area contributed by atoms with Crippen molar-refractivity contribution in [2.24, 2.45) is 0 Å². The van der Waals surface area contributed by atoms with Crippen LogP contribution in [0.15, 0.2) is 48.5 Å². The standard InChI is InChI=1S/C21H26FNO2/c1-25-20-11-10-17(14-19(20)22)21(24)18(16-8-4-2-5-9-16)15-23-12-6-3-7-13-23/h2,4-5,8-11,14,18,21,24H,3,6-7,12-13,15H2,1H3/p+1/t18-,21+/m0/s1. The van der Waals surface area contributed by atoms with Crippen LogP contribution in [0.4, 0.5) is 4.39 Å². The smallest absolute Gasteiger partial charge is 0.165 e. The number of halogens is 1. The van der Waals surface area contributed by atoms with Gasteiger partial charge in [0.25, 0.3) is 0 Å². The number of quaternary nitrogens is 1. The lowest BCUT2D eigenvalue weighted by atomic mass is 9.88. The molecule has 25 heavy (non-hydrogen) atoms. The quantitative estimate of drug-likeness (QED) is 0.845. The fraction of sp³-hybridized carbons (Fsp3) is 0.429. The summed E-state index contributed by atoms with van der Waals surface area (Å²) in [5.41, 5.74) is 1.70. The molecule has 1 aliphatic rings. The molecule has 0 aliphatic carbocycles. The topological polar surface area (TPSA) is 33.9 Å². The molecule has 134 valence electrons. The third-order valence-corrected chi connectivity index (χ3v) is 5.20. The van der Waals surface area contributed by atoms with E-state index in [9.17, 15) is 9.50 Å². The van der Waals surface area contributed by atoms with Crippen LogP contribution in [0.25, 0.3) is 0 Å². The number of methoxy groups -OCH3 is 1. The van der Waals surface area contributed by atoms with Crippen LogP contribution < -0.4 is 9.64 Å². The van der Waals surface area contributed by atoms with Gasteiger partial charge in [-0.3, -0.25) is 0 Å². The number of piperidine rings is 1. The Balaban J connectivity index is 1.86. The van der Waals surface area contributed by atoms with Gasteiger partial charge in [0.15, 0.2) is 11.6 Å². The van der Waals surface area contributed by atoms with Crippen molar-refractivity contribution in [3.8, 4) is 5.75 Å². The van der Waals surface area contributed by atoms with Crippen LogP contribution in [0.3, 0.4) is 0 Å². The Morgan fingerprint density at radius 1 is 1.04 bits per heavy atom. The third-order valence-electron chi connectivity index (χ3n) is 5.20. The van der Waals surface area contributed by atoms with Gasteiger partial charge < -0.3 is 14.7 Å². The van der Waals surface area contributed by atoms with Gasteiger partial charge in [0.05, 0.1) is 38.8 Å². The molecule has 4 heteroatoms. The van der Waals surface area contributed by atoms with E-state index in [4.69, 9.17) is 4.74 Å². The Bertz CT molecular complexity index is 671. The molecule has 3 nitrogen and oxygen atoms in total. The molecule has 2 atom stereocenters. The van der Waals surface area contributed by atoms with Crippen molar-refractivity contribution in [1.29, 1.82) is 0 Å². The summed E-state index contributed by atoms with van der Waals surface area (Å²) in [6.45, 7) is 3.15. The second-order valence-corrected chi connectivity index (χ2v) is 6.87. The molecule has 1 heterocycles. The first-order valence-corrected chi connectivity index (χ1v) is 9.09. The Labute approximate surface area is 149 Å². The van der Waals surface area contributed by atoms with Crippen LogP contribution >= 0.6 is 0 Å². The average molecular weight is 344 g/mol. The van der Waals surface area contributed by atoms with E-state index >= 15 is 0 Å². The first-order valence-electron chi connectivity index (χ1n) is 9.09. The third kappa shape index (κ3) is 4.39. The van der Waals surface area contributed by atoms with E-state index in [1.807, 2.05) is 18.2 Å². The SMILES string of the molecule is COc1ccc([C@@H](O)[C@@H](C[NH+]2CCCCC2)c2ccccc2)cc1F. The van der Waals surface area contributed by atoms with Gasteiger partial charge >= 0.3 is 0 Å². The minimum atomic E-state index is -0.739. The molecule has 0 bridgehead atoms. The van der Waals surface area contributed by atoms with Crippen LogP contribution in [0.1, 0.15) is 42.4 Å². The number of rotatable bonds is 6. The highest BCUT2D eigenvalue weighted by molar-refractivity contribution is 5.33. The van der Waals surface area contributed by atoms with Gasteiger partial charge in [-0.25, -0.2) is 4.39 Å². The van der Waals surface area contributed by atoms with Crippen LogP contribution in [-0.2, 0) is 0 Å². The molecule has 0 saturated carbocycles. The Hall–Kier alpha value is -1.91. The molecular weight excluding hydrogens is 317 g/mol. The second-order valence-electron chi connectivity index (χ2n) is 6.87. The summed E-state index contributed by atoms with van der Waals surface area (Å²) >= 11 is 0. The van der Waals surface area contributed by atoms with E-state index in [0.29, 0.717) is 5.56 Å². The van der Waals surface area contributed by atoms with E-state index in [0.717, 1.165) is 25.2 Å². The van der Waals surface area contributed by atoms with Gasteiger partial charge in [-0.05, 0) is 42.5 Å². The molecule has 2 N–H and O–H groups in total. The van der Waals surface area contributed by atoms with Gasteiger partial charge in [0.1, 0.15) is 0 Å². The minimum Gasteiger partial charge on any atom is -0.494 e. The summed E-state index contributed by atoms with van der Waals surface area (Å²) in [6, 6.07) is 14.8. The highest BCUT2D eigenvalue weighted by Gasteiger charge is 2.28. The molecule has 1 saturated heterocycles. The molecule has 0 aromatic heterocycles. The maximum absolute atomic E-state index is 14.1. The summed E-state index contributed by atoms with van der Waals surface area (Å²) in [5, 5.41) is 11.0. The van der Waals surface area contributed by atoms with Gasteiger partial charge in [-0.1, -0.05) is 36.4 Å². The zero-order valence-electron chi connectivity index (χ0n) is 14.7. The van der Waals surface area contributed by atoms with E-state index in [1.165, 1.54) is 37.3 Å². The zero-order valence-corrected chi connectivity index (χ0v) is 14.7. The van der Waals surface area contributed by atoms with E-state index in [2.05, 4.69) is 12.1 Å². The normalized spacial score (nSPS) is 17.9. The number of nitrogens with one attached hydrogen (secondary N) is 1. The minimum absolute atomic E-state index is 0.0536. The molecule has 3 rings (SSSR count).